The van der Waals surface area contributed by atoms with E-state index in [0.717, 1.165) is 29.7 Å². The van der Waals surface area contributed by atoms with Gasteiger partial charge in [-0.25, -0.2) is 4.79 Å². The Labute approximate surface area is 177 Å². The Kier molecular flexibility index (Phi) is 7.71. The van der Waals surface area contributed by atoms with Gasteiger partial charge in [-0.1, -0.05) is 18.2 Å². The summed E-state index contributed by atoms with van der Waals surface area (Å²) >= 11 is 0. The first kappa shape index (κ1) is 21.7. The van der Waals surface area contributed by atoms with Crippen molar-refractivity contribution in [2.24, 2.45) is 0 Å². The Hall–Kier alpha value is -3.02. The fourth-order valence-corrected chi connectivity index (χ4v) is 3.65. The standard InChI is InChI=1S/C24H29NO5/c1-28-22-12-10-18(15-21(22)24(27)29-2)16-25-23(26)13-11-17-6-5-9-20(14-17)30-19-7-3-4-8-19/h5-6,9-10,12,14-15,19H,3-4,7-8,11,13,16H2,1-2H3,(H,25,26). The number of hydrogen-bond donors (Lipinski definition) is 1. The van der Waals surface area contributed by atoms with Crippen LogP contribution in [0.4, 0.5) is 0 Å². The Morgan fingerprint density at radius 2 is 1.83 bits per heavy atom. The molecule has 0 heterocycles. The fourth-order valence-electron chi connectivity index (χ4n) is 3.65. The number of ether oxygens (including phenoxy) is 3. The molecule has 0 spiro atoms. The van der Waals surface area contributed by atoms with E-state index in [1.165, 1.54) is 27.1 Å². The van der Waals surface area contributed by atoms with Crippen LogP contribution >= 0.6 is 0 Å². The molecule has 6 heteroatoms. The van der Waals surface area contributed by atoms with Gasteiger partial charge in [-0.2, -0.15) is 0 Å². The normalized spacial score (nSPS) is 13.7. The second-order valence-electron chi connectivity index (χ2n) is 7.47. The van der Waals surface area contributed by atoms with Crippen LogP contribution in [-0.4, -0.2) is 32.2 Å². The summed E-state index contributed by atoms with van der Waals surface area (Å²) in [6.45, 7) is 0.331. The van der Waals surface area contributed by atoms with E-state index in [4.69, 9.17) is 14.2 Å². The largest absolute Gasteiger partial charge is 0.496 e. The van der Waals surface area contributed by atoms with Crippen LogP contribution in [0.2, 0.25) is 0 Å². The molecule has 0 bridgehead atoms. The second kappa shape index (κ2) is 10.7. The minimum absolute atomic E-state index is 0.0486. The van der Waals surface area contributed by atoms with Crippen molar-refractivity contribution in [3.63, 3.8) is 0 Å². The van der Waals surface area contributed by atoms with Gasteiger partial charge in [0.2, 0.25) is 5.91 Å². The van der Waals surface area contributed by atoms with Gasteiger partial charge in [-0.15, -0.1) is 0 Å². The highest BCUT2D eigenvalue weighted by atomic mass is 16.5. The predicted octanol–water partition coefficient (Wildman–Crippen LogP) is 4.05. The third-order valence-corrected chi connectivity index (χ3v) is 5.30. The quantitative estimate of drug-likeness (QED) is 0.630. The molecule has 2 aromatic rings. The maximum absolute atomic E-state index is 12.3. The van der Waals surface area contributed by atoms with Crippen LogP contribution in [-0.2, 0) is 22.5 Å². The highest BCUT2D eigenvalue weighted by Gasteiger charge is 2.17. The summed E-state index contributed by atoms with van der Waals surface area (Å²) < 4.78 is 16.0. The Balaban J connectivity index is 1.50. The van der Waals surface area contributed by atoms with Gasteiger partial charge in [0.15, 0.2) is 0 Å². The highest BCUT2D eigenvalue weighted by Crippen LogP contribution is 2.25. The lowest BCUT2D eigenvalue weighted by atomic mass is 10.1. The van der Waals surface area contributed by atoms with Gasteiger partial charge < -0.3 is 19.5 Å². The van der Waals surface area contributed by atoms with Gasteiger partial charge in [0.05, 0.1) is 20.3 Å². The van der Waals surface area contributed by atoms with E-state index in [9.17, 15) is 9.59 Å². The van der Waals surface area contributed by atoms with Crippen molar-refractivity contribution >= 4 is 11.9 Å². The number of hydrogen-bond acceptors (Lipinski definition) is 5. The van der Waals surface area contributed by atoms with E-state index < -0.39 is 5.97 Å². The number of nitrogens with one attached hydrogen (secondary N) is 1. The van der Waals surface area contributed by atoms with Crippen molar-refractivity contribution in [1.29, 1.82) is 0 Å². The summed E-state index contributed by atoms with van der Waals surface area (Å²) in [7, 11) is 2.82. The molecule has 0 unspecified atom stereocenters. The first-order chi connectivity index (χ1) is 14.6. The topological polar surface area (TPSA) is 73.9 Å². The fraction of sp³-hybridized carbons (Fsp3) is 0.417. The smallest absolute Gasteiger partial charge is 0.341 e. The minimum Gasteiger partial charge on any atom is -0.496 e. The average molecular weight is 411 g/mol. The molecule has 1 saturated carbocycles. The van der Waals surface area contributed by atoms with Crippen LogP contribution in [0.25, 0.3) is 0 Å². The van der Waals surface area contributed by atoms with Crippen LogP contribution in [0.15, 0.2) is 42.5 Å². The van der Waals surface area contributed by atoms with Crippen LogP contribution in [0.3, 0.4) is 0 Å². The van der Waals surface area contributed by atoms with Crippen molar-refractivity contribution in [3.8, 4) is 11.5 Å². The van der Waals surface area contributed by atoms with Crippen LogP contribution in [0.1, 0.15) is 53.6 Å². The molecule has 1 aliphatic carbocycles. The lowest BCUT2D eigenvalue weighted by Gasteiger charge is -2.14. The molecule has 0 saturated heterocycles. The van der Waals surface area contributed by atoms with Crippen LogP contribution < -0.4 is 14.8 Å². The molecule has 0 atom stereocenters. The van der Waals surface area contributed by atoms with E-state index in [0.29, 0.717) is 36.8 Å². The molecule has 0 aliphatic heterocycles. The number of aryl methyl sites for hydroxylation is 1. The summed E-state index contributed by atoms with van der Waals surface area (Å²) in [4.78, 5) is 24.2. The van der Waals surface area contributed by atoms with Gasteiger partial charge >= 0.3 is 5.97 Å². The highest BCUT2D eigenvalue weighted by molar-refractivity contribution is 5.92. The summed E-state index contributed by atoms with van der Waals surface area (Å²) in [6, 6.07) is 13.2. The second-order valence-corrected chi connectivity index (χ2v) is 7.47. The third kappa shape index (κ3) is 5.99. The molecule has 2 aromatic carbocycles. The molecular weight excluding hydrogens is 382 g/mol. The maximum Gasteiger partial charge on any atom is 0.341 e. The van der Waals surface area contributed by atoms with Gasteiger partial charge in [0, 0.05) is 13.0 Å². The van der Waals surface area contributed by atoms with Gasteiger partial charge in [0.25, 0.3) is 0 Å². The summed E-state index contributed by atoms with van der Waals surface area (Å²) in [5.41, 5.74) is 2.22. The monoisotopic (exact) mass is 411 g/mol. The number of esters is 1. The lowest BCUT2D eigenvalue weighted by Crippen LogP contribution is -2.23. The molecule has 3 rings (SSSR count). The SMILES string of the molecule is COC(=O)c1cc(CNC(=O)CCc2cccc(OC3CCCC3)c2)ccc1OC. The molecule has 1 N–H and O–H groups in total. The molecule has 0 aromatic heterocycles. The van der Waals surface area contributed by atoms with E-state index >= 15 is 0 Å². The van der Waals surface area contributed by atoms with Crippen molar-refractivity contribution in [3.05, 3.63) is 59.2 Å². The van der Waals surface area contributed by atoms with Gasteiger partial charge in [-0.05, 0) is 67.5 Å². The number of carbonyl (C=O) groups is 2. The summed E-state index contributed by atoms with van der Waals surface area (Å²) in [5, 5.41) is 2.90. The van der Waals surface area contributed by atoms with Crippen molar-refractivity contribution in [2.45, 2.75) is 51.2 Å². The Morgan fingerprint density at radius 3 is 2.57 bits per heavy atom. The van der Waals surface area contributed by atoms with Crippen molar-refractivity contribution in [2.75, 3.05) is 14.2 Å². The first-order valence-corrected chi connectivity index (χ1v) is 10.4. The predicted molar refractivity (Wildman–Crippen MR) is 114 cm³/mol. The average Bonchev–Trinajstić information content (AvgIpc) is 3.28. The van der Waals surface area contributed by atoms with Crippen molar-refractivity contribution < 1.29 is 23.8 Å². The van der Waals surface area contributed by atoms with Gasteiger partial charge in [-0.3, -0.25) is 4.79 Å². The molecule has 1 amide bonds. The van der Waals surface area contributed by atoms with Crippen LogP contribution in [0.5, 0.6) is 11.5 Å². The zero-order valence-corrected chi connectivity index (χ0v) is 17.6. The maximum atomic E-state index is 12.3. The number of benzene rings is 2. The molecule has 6 nitrogen and oxygen atoms in total. The van der Waals surface area contributed by atoms with E-state index in [2.05, 4.69) is 5.32 Å². The first-order valence-electron chi connectivity index (χ1n) is 10.4. The third-order valence-electron chi connectivity index (χ3n) is 5.30. The van der Waals surface area contributed by atoms with Gasteiger partial charge in [0.1, 0.15) is 17.1 Å². The minimum atomic E-state index is -0.472. The number of carbonyl (C=O) groups excluding carboxylic acids is 2. The molecule has 160 valence electrons. The summed E-state index contributed by atoms with van der Waals surface area (Å²) in [6.07, 6.45) is 6.06. The van der Waals surface area contributed by atoms with E-state index in [1.54, 1.807) is 12.1 Å². The molecule has 0 radical (unpaired) electrons. The number of methoxy groups -OCH3 is 2. The molecular formula is C24H29NO5. The molecule has 1 aliphatic rings. The zero-order chi connectivity index (χ0) is 21.3. The van der Waals surface area contributed by atoms with E-state index in [1.807, 2.05) is 30.3 Å². The summed E-state index contributed by atoms with van der Waals surface area (Å²) in [5.74, 6) is 0.803. The number of amides is 1. The zero-order valence-electron chi connectivity index (χ0n) is 17.6. The Morgan fingerprint density at radius 1 is 1.03 bits per heavy atom. The Bertz CT molecular complexity index is 874. The lowest BCUT2D eigenvalue weighted by molar-refractivity contribution is -0.121. The number of rotatable bonds is 9. The van der Waals surface area contributed by atoms with Crippen molar-refractivity contribution in [1.82, 2.24) is 5.32 Å². The molecule has 30 heavy (non-hydrogen) atoms. The van der Waals surface area contributed by atoms with Crippen LogP contribution in [0, 0.1) is 0 Å². The molecule has 1 fully saturated rings. The van der Waals surface area contributed by atoms with E-state index in [-0.39, 0.29) is 5.91 Å².